The molecule has 0 aliphatic carbocycles. The highest BCUT2D eigenvalue weighted by Crippen LogP contribution is 2.31. The Labute approximate surface area is 174 Å². The maximum Gasteiger partial charge on any atom is 0.416 e. The van der Waals surface area contributed by atoms with Crippen molar-refractivity contribution in [3.8, 4) is 28.8 Å². The van der Waals surface area contributed by atoms with Crippen molar-refractivity contribution in [2.24, 2.45) is 0 Å². The number of benzene rings is 1. The Hall–Kier alpha value is -3.89. The minimum absolute atomic E-state index is 0.0283. The van der Waals surface area contributed by atoms with E-state index >= 15 is 0 Å². The predicted molar refractivity (Wildman–Crippen MR) is 102 cm³/mol. The Morgan fingerprint density at radius 3 is 2.61 bits per heavy atom. The maximum atomic E-state index is 12.9. The summed E-state index contributed by atoms with van der Waals surface area (Å²) in [5, 5.41) is 3.74. The van der Waals surface area contributed by atoms with Crippen LogP contribution in [0.2, 0.25) is 0 Å². The average molecular weight is 428 g/mol. The minimum Gasteiger partial charge on any atom is -0.467 e. The predicted octanol–water partition coefficient (Wildman–Crippen LogP) is 4.20. The number of halogens is 3. The van der Waals surface area contributed by atoms with Crippen LogP contribution in [0.1, 0.15) is 22.7 Å². The molecule has 0 bridgehead atoms. The second kappa shape index (κ2) is 8.09. The van der Waals surface area contributed by atoms with E-state index in [1.807, 2.05) is 6.92 Å². The van der Waals surface area contributed by atoms with Crippen LogP contribution in [0, 0.1) is 13.8 Å². The van der Waals surface area contributed by atoms with Crippen LogP contribution in [-0.2, 0) is 12.8 Å². The second-order valence-corrected chi connectivity index (χ2v) is 6.53. The van der Waals surface area contributed by atoms with Crippen molar-refractivity contribution in [2.75, 3.05) is 0 Å². The van der Waals surface area contributed by atoms with Gasteiger partial charge in [0, 0.05) is 29.2 Å². The van der Waals surface area contributed by atoms with Gasteiger partial charge in [-0.1, -0.05) is 17.3 Å². The molecule has 4 rings (SSSR count). The fourth-order valence-corrected chi connectivity index (χ4v) is 2.67. The average Bonchev–Trinajstić information content (AvgIpc) is 3.24. The van der Waals surface area contributed by atoms with E-state index in [2.05, 4.69) is 30.1 Å². The zero-order valence-electron chi connectivity index (χ0n) is 16.4. The van der Waals surface area contributed by atoms with Crippen molar-refractivity contribution < 1.29 is 22.4 Å². The zero-order valence-corrected chi connectivity index (χ0v) is 16.4. The summed E-state index contributed by atoms with van der Waals surface area (Å²) in [6.07, 6.45) is 0.143. The lowest BCUT2D eigenvalue weighted by Crippen LogP contribution is -2.05. The van der Waals surface area contributed by atoms with Gasteiger partial charge >= 0.3 is 6.18 Å². The molecule has 0 aliphatic heterocycles. The Kier molecular flexibility index (Phi) is 5.32. The number of hydrogen-bond acceptors (Lipinski definition) is 8. The molecule has 3 aromatic heterocycles. The van der Waals surface area contributed by atoms with Gasteiger partial charge in [0.15, 0.2) is 12.4 Å². The molecular weight excluding hydrogens is 413 g/mol. The number of nitrogens with zero attached hydrogens (tertiary/aromatic N) is 6. The lowest BCUT2D eigenvalue weighted by molar-refractivity contribution is -0.137. The van der Waals surface area contributed by atoms with Crippen molar-refractivity contribution in [1.29, 1.82) is 0 Å². The number of ether oxygens (including phenoxy) is 1. The van der Waals surface area contributed by atoms with Crippen molar-refractivity contribution in [1.82, 2.24) is 30.1 Å². The van der Waals surface area contributed by atoms with E-state index in [1.54, 1.807) is 13.1 Å². The molecule has 0 N–H and O–H groups in total. The lowest BCUT2D eigenvalue weighted by Gasteiger charge is -2.10. The topological polar surface area (TPSA) is 99.7 Å². The van der Waals surface area contributed by atoms with Crippen LogP contribution in [0.3, 0.4) is 0 Å². The molecule has 0 unspecified atom stereocenters. The fourth-order valence-electron chi connectivity index (χ4n) is 2.67. The third-order valence-corrected chi connectivity index (χ3v) is 4.39. The molecule has 0 aliphatic rings. The first kappa shape index (κ1) is 20.4. The van der Waals surface area contributed by atoms with Gasteiger partial charge in [0.05, 0.1) is 11.8 Å². The molecule has 0 spiro atoms. The van der Waals surface area contributed by atoms with E-state index in [9.17, 15) is 13.2 Å². The van der Waals surface area contributed by atoms with Crippen LogP contribution in [0.4, 0.5) is 13.2 Å². The van der Waals surface area contributed by atoms with E-state index in [-0.39, 0.29) is 23.9 Å². The summed E-state index contributed by atoms with van der Waals surface area (Å²) in [7, 11) is 0. The molecule has 0 amide bonds. The molecule has 0 atom stereocenters. The van der Waals surface area contributed by atoms with Crippen LogP contribution in [0.25, 0.3) is 22.9 Å². The van der Waals surface area contributed by atoms with Gasteiger partial charge in [-0.05, 0) is 26.0 Å². The summed E-state index contributed by atoms with van der Waals surface area (Å²) in [5.74, 6) is 0.762. The molecule has 0 fully saturated rings. The molecule has 158 valence electrons. The Balaban J connectivity index is 1.54. The third-order valence-electron chi connectivity index (χ3n) is 4.39. The summed E-state index contributed by atoms with van der Waals surface area (Å²) < 4.78 is 49.6. The van der Waals surface area contributed by atoms with Crippen LogP contribution in [0.15, 0.2) is 47.4 Å². The van der Waals surface area contributed by atoms with Gasteiger partial charge in [-0.25, -0.2) is 9.97 Å². The van der Waals surface area contributed by atoms with Gasteiger partial charge in [-0.2, -0.15) is 23.1 Å². The highest BCUT2D eigenvalue weighted by atomic mass is 19.4. The van der Waals surface area contributed by atoms with Gasteiger partial charge in [-0.3, -0.25) is 4.98 Å². The smallest absolute Gasteiger partial charge is 0.416 e. The highest BCUT2D eigenvalue weighted by Gasteiger charge is 2.30. The third kappa shape index (κ3) is 4.49. The zero-order chi connectivity index (χ0) is 22.0. The second-order valence-electron chi connectivity index (χ2n) is 6.53. The molecule has 31 heavy (non-hydrogen) atoms. The number of rotatable bonds is 5. The van der Waals surface area contributed by atoms with E-state index in [0.29, 0.717) is 28.7 Å². The first-order valence-electron chi connectivity index (χ1n) is 9.06. The van der Waals surface area contributed by atoms with Gasteiger partial charge in [0.1, 0.15) is 5.69 Å². The Morgan fingerprint density at radius 1 is 1.03 bits per heavy atom. The van der Waals surface area contributed by atoms with Crippen LogP contribution >= 0.6 is 0 Å². The van der Waals surface area contributed by atoms with Crippen molar-refractivity contribution in [3.63, 3.8) is 0 Å². The van der Waals surface area contributed by atoms with Gasteiger partial charge in [0.2, 0.25) is 11.7 Å². The largest absolute Gasteiger partial charge is 0.467 e. The normalized spacial score (nSPS) is 11.5. The standard InChI is InChI=1S/C20H15F3N6O2/c1-11-12(2)26-18(15-9-24-6-7-25-15)28-19(11)30-10-16-27-17(29-31-16)13-4-3-5-14(8-13)20(21,22)23/h3-9H,10H2,1-2H3. The molecule has 0 saturated carbocycles. The summed E-state index contributed by atoms with van der Waals surface area (Å²) in [6, 6.07) is 4.69. The number of hydrogen-bond donors (Lipinski definition) is 0. The van der Waals surface area contributed by atoms with Crippen LogP contribution in [0.5, 0.6) is 5.88 Å². The molecule has 1 aromatic carbocycles. The lowest BCUT2D eigenvalue weighted by atomic mass is 10.1. The maximum absolute atomic E-state index is 12.9. The molecule has 8 nitrogen and oxygen atoms in total. The monoisotopic (exact) mass is 428 g/mol. The van der Waals surface area contributed by atoms with E-state index in [4.69, 9.17) is 9.26 Å². The number of aromatic nitrogens is 6. The van der Waals surface area contributed by atoms with E-state index < -0.39 is 11.7 Å². The number of aryl methyl sites for hydroxylation is 1. The van der Waals surface area contributed by atoms with Gasteiger partial charge in [-0.15, -0.1) is 0 Å². The van der Waals surface area contributed by atoms with Crippen molar-refractivity contribution in [2.45, 2.75) is 26.6 Å². The number of alkyl halides is 3. The molecule has 0 radical (unpaired) electrons. The Morgan fingerprint density at radius 2 is 1.87 bits per heavy atom. The summed E-state index contributed by atoms with van der Waals surface area (Å²) in [5.41, 5.74) is 1.28. The van der Waals surface area contributed by atoms with Gasteiger partial charge in [0.25, 0.3) is 5.89 Å². The summed E-state index contributed by atoms with van der Waals surface area (Å²) in [4.78, 5) is 21.1. The molecule has 0 saturated heterocycles. The summed E-state index contributed by atoms with van der Waals surface area (Å²) >= 11 is 0. The first-order valence-corrected chi connectivity index (χ1v) is 9.06. The molecule has 4 aromatic rings. The molecule has 3 heterocycles. The molecular formula is C20H15F3N6O2. The highest BCUT2D eigenvalue weighted by molar-refractivity contribution is 5.55. The van der Waals surface area contributed by atoms with E-state index in [0.717, 1.165) is 12.1 Å². The van der Waals surface area contributed by atoms with Crippen LogP contribution in [-0.4, -0.2) is 30.1 Å². The molecule has 11 heteroatoms. The SMILES string of the molecule is Cc1nc(-c2cnccn2)nc(OCc2nc(-c3cccc(C(F)(F)F)c3)no2)c1C. The van der Waals surface area contributed by atoms with Crippen molar-refractivity contribution in [3.05, 3.63) is 65.6 Å². The van der Waals surface area contributed by atoms with Gasteiger partial charge < -0.3 is 9.26 Å². The van der Waals surface area contributed by atoms with E-state index in [1.165, 1.54) is 24.5 Å². The first-order chi connectivity index (χ1) is 14.8. The quantitative estimate of drug-likeness (QED) is 0.466. The Bertz CT molecular complexity index is 1210. The van der Waals surface area contributed by atoms with Crippen LogP contribution < -0.4 is 4.74 Å². The minimum atomic E-state index is -4.46. The van der Waals surface area contributed by atoms with Crippen molar-refractivity contribution >= 4 is 0 Å². The fraction of sp³-hybridized carbons (Fsp3) is 0.200. The summed E-state index contributed by atoms with van der Waals surface area (Å²) in [6.45, 7) is 3.48.